The number of rotatable bonds is 4. The van der Waals surface area contributed by atoms with Gasteiger partial charge in [-0.1, -0.05) is 32.6 Å². The molecule has 2 nitrogen and oxygen atoms in total. The second kappa shape index (κ2) is 4.61. The Labute approximate surface area is 74.5 Å². The van der Waals surface area contributed by atoms with Crippen molar-refractivity contribution in [1.82, 2.24) is 0 Å². The molecule has 2 N–H and O–H groups in total. The molecule has 12 heavy (non-hydrogen) atoms. The fourth-order valence-electron chi connectivity index (χ4n) is 2.06. The van der Waals surface area contributed by atoms with E-state index in [1.54, 1.807) is 0 Å². The molecule has 0 bridgehead atoms. The van der Waals surface area contributed by atoms with Crippen molar-refractivity contribution in [3.63, 3.8) is 0 Å². The van der Waals surface area contributed by atoms with Crippen LogP contribution in [-0.4, -0.2) is 12.3 Å². The number of carbonyl (C=O) groups is 1. The molecule has 0 heterocycles. The third-order valence-corrected chi connectivity index (χ3v) is 2.99. The van der Waals surface area contributed by atoms with Crippen LogP contribution in [0.5, 0.6) is 0 Å². The lowest BCUT2D eigenvalue weighted by Crippen LogP contribution is -2.30. The van der Waals surface area contributed by atoms with E-state index in [0.717, 1.165) is 18.6 Å². The van der Waals surface area contributed by atoms with Gasteiger partial charge in [-0.3, -0.25) is 0 Å². The fraction of sp³-hybridized carbons (Fsp3) is 0.900. The number of hydrogen-bond acceptors (Lipinski definition) is 2. The summed E-state index contributed by atoms with van der Waals surface area (Å²) in [5, 5.41) is 0. The first-order valence-electron chi connectivity index (χ1n) is 4.95. The zero-order chi connectivity index (χ0) is 8.97. The third kappa shape index (κ3) is 2.59. The second-order valence-electron chi connectivity index (χ2n) is 4.08. The van der Waals surface area contributed by atoms with Gasteiger partial charge in [0.15, 0.2) is 0 Å². The van der Waals surface area contributed by atoms with Crippen molar-refractivity contribution >= 4 is 6.29 Å². The Hall–Kier alpha value is -0.370. The first kappa shape index (κ1) is 9.72. The zero-order valence-electron chi connectivity index (χ0n) is 7.83. The summed E-state index contributed by atoms with van der Waals surface area (Å²) < 4.78 is 0. The Bertz CT molecular complexity index is 141. The van der Waals surface area contributed by atoms with Crippen molar-refractivity contribution in [3.8, 4) is 0 Å². The Morgan fingerprint density at radius 2 is 2.08 bits per heavy atom. The summed E-state index contributed by atoms with van der Waals surface area (Å²) in [6, 6.07) is -0.245. The van der Waals surface area contributed by atoms with Crippen LogP contribution in [0.2, 0.25) is 0 Å². The van der Waals surface area contributed by atoms with Gasteiger partial charge in [-0.25, -0.2) is 0 Å². The summed E-state index contributed by atoms with van der Waals surface area (Å²) in [6.45, 7) is 2.08. The van der Waals surface area contributed by atoms with Gasteiger partial charge >= 0.3 is 0 Å². The summed E-state index contributed by atoms with van der Waals surface area (Å²) in [5.41, 5.74) is 5.63. The van der Waals surface area contributed by atoms with Gasteiger partial charge < -0.3 is 10.5 Å². The lowest BCUT2D eigenvalue weighted by molar-refractivity contribution is -0.109. The molecule has 1 saturated carbocycles. The van der Waals surface area contributed by atoms with Crippen LogP contribution >= 0.6 is 0 Å². The molecule has 0 aromatic heterocycles. The highest BCUT2D eigenvalue weighted by Gasteiger charge is 2.20. The van der Waals surface area contributed by atoms with Crippen molar-refractivity contribution in [2.75, 3.05) is 0 Å². The molecule has 1 aliphatic rings. The van der Waals surface area contributed by atoms with Crippen molar-refractivity contribution < 1.29 is 4.79 Å². The van der Waals surface area contributed by atoms with Gasteiger partial charge in [-0.05, 0) is 18.3 Å². The maximum absolute atomic E-state index is 10.4. The smallest absolute Gasteiger partial charge is 0.136 e. The van der Waals surface area contributed by atoms with E-state index in [0.29, 0.717) is 5.92 Å². The summed E-state index contributed by atoms with van der Waals surface area (Å²) in [6.07, 6.45) is 7.44. The molecule has 2 atom stereocenters. The van der Waals surface area contributed by atoms with Crippen molar-refractivity contribution in [1.29, 1.82) is 0 Å². The summed E-state index contributed by atoms with van der Waals surface area (Å²) in [4.78, 5) is 10.4. The largest absolute Gasteiger partial charge is 0.322 e. The standard InChI is InChI=1S/C10H19NO/c1-8(10(11)7-12)6-9-4-2-3-5-9/h7-10H,2-6,11H2,1H3. The van der Waals surface area contributed by atoms with Crippen LogP contribution in [0.3, 0.4) is 0 Å². The number of hydrogen-bond donors (Lipinski definition) is 1. The van der Waals surface area contributed by atoms with E-state index in [1.165, 1.54) is 25.7 Å². The minimum Gasteiger partial charge on any atom is -0.322 e. The van der Waals surface area contributed by atoms with E-state index < -0.39 is 0 Å². The normalized spacial score (nSPS) is 23.8. The van der Waals surface area contributed by atoms with E-state index in [-0.39, 0.29) is 6.04 Å². The maximum atomic E-state index is 10.4. The highest BCUT2D eigenvalue weighted by molar-refractivity contribution is 5.57. The molecule has 0 aliphatic heterocycles. The van der Waals surface area contributed by atoms with E-state index in [1.807, 2.05) is 0 Å². The summed E-state index contributed by atoms with van der Waals surface area (Å²) in [5.74, 6) is 1.21. The molecule has 2 heteroatoms. The minimum atomic E-state index is -0.245. The predicted molar refractivity (Wildman–Crippen MR) is 49.8 cm³/mol. The van der Waals surface area contributed by atoms with E-state index in [4.69, 9.17) is 5.73 Å². The molecule has 0 aromatic carbocycles. The SMILES string of the molecule is CC(CC1CCCC1)C(N)C=O. The molecular weight excluding hydrogens is 150 g/mol. The van der Waals surface area contributed by atoms with Crippen LogP contribution in [0.1, 0.15) is 39.0 Å². The average molecular weight is 169 g/mol. The first-order valence-corrected chi connectivity index (χ1v) is 4.95. The fourth-order valence-corrected chi connectivity index (χ4v) is 2.06. The van der Waals surface area contributed by atoms with Gasteiger partial charge in [0.25, 0.3) is 0 Å². The van der Waals surface area contributed by atoms with Gasteiger partial charge in [0.1, 0.15) is 6.29 Å². The van der Waals surface area contributed by atoms with Crippen molar-refractivity contribution in [2.45, 2.75) is 45.1 Å². The Kier molecular flexibility index (Phi) is 3.73. The zero-order valence-corrected chi connectivity index (χ0v) is 7.83. The average Bonchev–Trinajstić information content (AvgIpc) is 2.55. The lowest BCUT2D eigenvalue weighted by Gasteiger charge is -2.18. The van der Waals surface area contributed by atoms with Gasteiger partial charge in [0.05, 0.1) is 6.04 Å². The first-order chi connectivity index (χ1) is 5.74. The minimum absolute atomic E-state index is 0.245. The molecule has 1 aliphatic carbocycles. The van der Waals surface area contributed by atoms with Crippen LogP contribution < -0.4 is 5.73 Å². The molecule has 2 unspecified atom stereocenters. The number of carbonyl (C=O) groups excluding carboxylic acids is 1. The summed E-state index contributed by atoms with van der Waals surface area (Å²) in [7, 11) is 0. The van der Waals surface area contributed by atoms with Crippen LogP contribution in [0.15, 0.2) is 0 Å². The summed E-state index contributed by atoms with van der Waals surface area (Å²) >= 11 is 0. The predicted octanol–water partition coefficient (Wildman–Crippen LogP) is 1.73. The van der Waals surface area contributed by atoms with Gasteiger partial charge in [-0.2, -0.15) is 0 Å². The van der Waals surface area contributed by atoms with Gasteiger partial charge in [-0.15, -0.1) is 0 Å². The molecule has 0 saturated heterocycles. The van der Waals surface area contributed by atoms with E-state index in [2.05, 4.69) is 6.92 Å². The van der Waals surface area contributed by atoms with Crippen molar-refractivity contribution in [3.05, 3.63) is 0 Å². The van der Waals surface area contributed by atoms with E-state index >= 15 is 0 Å². The van der Waals surface area contributed by atoms with Crippen molar-refractivity contribution in [2.24, 2.45) is 17.6 Å². The van der Waals surface area contributed by atoms with Crippen LogP contribution in [0.25, 0.3) is 0 Å². The number of nitrogens with two attached hydrogens (primary N) is 1. The molecule has 0 spiro atoms. The molecular formula is C10H19NO. The topological polar surface area (TPSA) is 43.1 Å². The van der Waals surface area contributed by atoms with Gasteiger partial charge in [0.2, 0.25) is 0 Å². The Morgan fingerprint density at radius 1 is 1.50 bits per heavy atom. The molecule has 1 fully saturated rings. The third-order valence-electron chi connectivity index (χ3n) is 2.99. The Balaban J connectivity index is 2.24. The highest BCUT2D eigenvalue weighted by atomic mass is 16.1. The van der Waals surface area contributed by atoms with Crippen LogP contribution in [0.4, 0.5) is 0 Å². The quantitative estimate of drug-likeness (QED) is 0.651. The molecule has 1 rings (SSSR count). The monoisotopic (exact) mass is 169 g/mol. The Morgan fingerprint density at radius 3 is 2.58 bits per heavy atom. The van der Waals surface area contributed by atoms with Gasteiger partial charge in [0, 0.05) is 0 Å². The highest BCUT2D eigenvalue weighted by Crippen LogP contribution is 2.30. The lowest BCUT2D eigenvalue weighted by atomic mass is 9.90. The van der Waals surface area contributed by atoms with Crippen LogP contribution in [-0.2, 0) is 4.79 Å². The maximum Gasteiger partial charge on any atom is 0.136 e. The second-order valence-corrected chi connectivity index (χ2v) is 4.08. The molecule has 0 amide bonds. The molecule has 0 aromatic rings. The molecule has 70 valence electrons. The van der Waals surface area contributed by atoms with Crippen LogP contribution in [0, 0.1) is 11.8 Å². The molecule has 0 radical (unpaired) electrons. The number of aldehydes is 1. The van der Waals surface area contributed by atoms with E-state index in [9.17, 15) is 4.79 Å².